The van der Waals surface area contributed by atoms with E-state index >= 15 is 0 Å². The number of hydrogen-bond acceptors (Lipinski definition) is 5. The van der Waals surface area contributed by atoms with Crippen molar-refractivity contribution in [2.75, 3.05) is 6.54 Å². The van der Waals surface area contributed by atoms with Crippen LogP contribution in [0.4, 0.5) is 0 Å². The molecule has 2 aromatic heterocycles. The van der Waals surface area contributed by atoms with E-state index in [-0.39, 0.29) is 29.8 Å². The number of aromatic nitrogens is 2. The Bertz CT molecular complexity index is 1090. The zero-order valence-electron chi connectivity index (χ0n) is 16.7. The normalized spacial score (nSPS) is 15.6. The predicted molar refractivity (Wildman–Crippen MR) is 114 cm³/mol. The van der Waals surface area contributed by atoms with E-state index in [0.717, 1.165) is 22.9 Å². The van der Waals surface area contributed by atoms with Gasteiger partial charge in [-0.3, -0.25) is 9.59 Å². The van der Waals surface area contributed by atoms with Gasteiger partial charge in [0.05, 0.1) is 11.2 Å². The number of hydrogen-bond donors (Lipinski definition) is 3. The van der Waals surface area contributed by atoms with Crippen molar-refractivity contribution < 1.29 is 19.2 Å². The van der Waals surface area contributed by atoms with Gasteiger partial charge in [0.25, 0.3) is 5.91 Å². The summed E-state index contributed by atoms with van der Waals surface area (Å²) in [6.45, 7) is 3.58. The molecule has 4 rings (SSSR count). The van der Waals surface area contributed by atoms with Crippen molar-refractivity contribution in [2.24, 2.45) is 5.92 Å². The minimum atomic E-state index is -0.917. The number of H-pyrrole nitrogens is 1. The molecular formula is C22H22BrN3O4. The highest BCUT2D eigenvalue weighted by Gasteiger charge is 2.40. The summed E-state index contributed by atoms with van der Waals surface area (Å²) in [5, 5.41) is 17.1. The molecule has 1 aromatic carbocycles. The molecule has 1 saturated carbocycles. The molecule has 156 valence electrons. The van der Waals surface area contributed by atoms with E-state index in [1.54, 1.807) is 13.8 Å². The van der Waals surface area contributed by atoms with Gasteiger partial charge in [-0.2, -0.15) is 0 Å². The molecule has 1 amide bonds. The average Bonchev–Trinajstić information content (AvgIpc) is 3.36. The van der Waals surface area contributed by atoms with Gasteiger partial charge in [0.15, 0.2) is 5.78 Å². The molecule has 1 aliphatic carbocycles. The summed E-state index contributed by atoms with van der Waals surface area (Å²) in [7, 11) is 0. The van der Waals surface area contributed by atoms with Gasteiger partial charge in [0.1, 0.15) is 17.1 Å². The molecule has 30 heavy (non-hydrogen) atoms. The van der Waals surface area contributed by atoms with Crippen molar-refractivity contribution in [3.63, 3.8) is 0 Å². The predicted octanol–water partition coefficient (Wildman–Crippen LogP) is 3.86. The average molecular weight is 472 g/mol. The zero-order valence-corrected chi connectivity index (χ0v) is 18.2. The molecule has 1 unspecified atom stereocenters. The second-order valence-electron chi connectivity index (χ2n) is 7.91. The van der Waals surface area contributed by atoms with Crippen LogP contribution in [0.3, 0.4) is 0 Å². The molecule has 0 spiro atoms. The maximum absolute atomic E-state index is 13.1. The van der Waals surface area contributed by atoms with Gasteiger partial charge in [-0.15, -0.1) is 0 Å². The van der Waals surface area contributed by atoms with Crippen molar-refractivity contribution in [1.29, 1.82) is 0 Å². The molecule has 0 aliphatic heterocycles. The first-order valence-corrected chi connectivity index (χ1v) is 10.5. The lowest BCUT2D eigenvalue weighted by Crippen LogP contribution is -2.42. The Morgan fingerprint density at radius 3 is 2.70 bits per heavy atom. The number of benzene rings is 1. The number of nitrogens with zero attached hydrogens (tertiary/aromatic N) is 1. The molecular weight excluding hydrogens is 450 g/mol. The Morgan fingerprint density at radius 1 is 1.33 bits per heavy atom. The first-order valence-electron chi connectivity index (χ1n) is 9.72. The lowest BCUT2D eigenvalue weighted by Gasteiger charge is -2.22. The van der Waals surface area contributed by atoms with Gasteiger partial charge in [0, 0.05) is 28.3 Å². The van der Waals surface area contributed by atoms with Crippen molar-refractivity contribution in [3.05, 3.63) is 63.6 Å². The van der Waals surface area contributed by atoms with Crippen LogP contribution in [0.15, 0.2) is 45.5 Å². The highest BCUT2D eigenvalue weighted by Crippen LogP contribution is 2.39. The fraction of sp³-hybridized carbons (Fsp3) is 0.318. The third kappa shape index (κ3) is 4.11. The summed E-state index contributed by atoms with van der Waals surface area (Å²) >= 11 is 3.39. The van der Waals surface area contributed by atoms with Crippen LogP contribution < -0.4 is 5.32 Å². The van der Waals surface area contributed by atoms with Gasteiger partial charge in [-0.05, 0) is 50.8 Å². The number of aliphatic hydroxyl groups is 1. The summed E-state index contributed by atoms with van der Waals surface area (Å²) in [6, 6.07) is 8.92. The Kier molecular flexibility index (Phi) is 5.38. The van der Waals surface area contributed by atoms with E-state index < -0.39 is 5.60 Å². The number of nitrogens with one attached hydrogen (secondary N) is 2. The first-order chi connectivity index (χ1) is 14.3. The number of aromatic amines is 1. The standard InChI is InChI=1S/C22H22BrN3O4/c1-12-18(19(26-30-12)13-3-7-16(23)8-4-13)20(27)14-9-17(24-10-14)21(28)25-11-22(2,29)15-5-6-15/h3-4,7-10,15,24,29H,5-6,11H2,1-2H3,(H,25,28). The number of carbonyl (C=O) groups excluding carboxylic acids is 2. The highest BCUT2D eigenvalue weighted by molar-refractivity contribution is 9.10. The van der Waals surface area contributed by atoms with Crippen LogP contribution in [0.25, 0.3) is 11.3 Å². The van der Waals surface area contributed by atoms with Crippen molar-refractivity contribution in [2.45, 2.75) is 32.3 Å². The smallest absolute Gasteiger partial charge is 0.267 e. The van der Waals surface area contributed by atoms with Crippen LogP contribution in [0.5, 0.6) is 0 Å². The summed E-state index contributed by atoms with van der Waals surface area (Å²) in [4.78, 5) is 28.4. The number of carbonyl (C=O) groups is 2. The van der Waals surface area contributed by atoms with Gasteiger partial charge in [-0.25, -0.2) is 0 Å². The van der Waals surface area contributed by atoms with Gasteiger partial charge in [0.2, 0.25) is 0 Å². The second-order valence-corrected chi connectivity index (χ2v) is 8.83. The van der Waals surface area contributed by atoms with Crippen molar-refractivity contribution >= 4 is 27.6 Å². The Morgan fingerprint density at radius 2 is 2.03 bits per heavy atom. The maximum Gasteiger partial charge on any atom is 0.267 e. The number of halogens is 1. The SMILES string of the molecule is Cc1onc(-c2ccc(Br)cc2)c1C(=O)c1c[nH]c(C(=O)NCC(C)(O)C2CC2)c1. The second kappa shape index (κ2) is 7.85. The zero-order chi connectivity index (χ0) is 21.5. The molecule has 0 radical (unpaired) electrons. The van der Waals surface area contributed by atoms with E-state index in [9.17, 15) is 14.7 Å². The highest BCUT2D eigenvalue weighted by atomic mass is 79.9. The van der Waals surface area contributed by atoms with E-state index in [0.29, 0.717) is 22.6 Å². The fourth-order valence-corrected chi connectivity index (χ4v) is 3.71. The fourth-order valence-electron chi connectivity index (χ4n) is 3.45. The third-order valence-electron chi connectivity index (χ3n) is 5.46. The van der Waals surface area contributed by atoms with Crippen LogP contribution >= 0.6 is 15.9 Å². The molecule has 1 atom stereocenters. The molecule has 3 N–H and O–H groups in total. The molecule has 7 nitrogen and oxygen atoms in total. The number of amides is 1. The van der Waals surface area contributed by atoms with Crippen LogP contribution in [-0.4, -0.2) is 39.1 Å². The van der Waals surface area contributed by atoms with Crippen LogP contribution in [0, 0.1) is 12.8 Å². The quantitative estimate of drug-likeness (QED) is 0.453. The van der Waals surface area contributed by atoms with Gasteiger partial charge in [-0.1, -0.05) is 33.2 Å². The van der Waals surface area contributed by atoms with Crippen LogP contribution in [0.2, 0.25) is 0 Å². The van der Waals surface area contributed by atoms with E-state index in [4.69, 9.17) is 4.52 Å². The minimum Gasteiger partial charge on any atom is -0.388 e. The lowest BCUT2D eigenvalue weighted by molar-refractivity contribution is 0.0353. The number of aryl methyl sites for hydroxylation is 1. The summed E-state index contributed by atoms with van der Waals surface area (Å²) in [5.41, 5.74) is 1.25. The largest absolute Gasteiger partial charge is 0.388 e. The summed E-state index contributed by atoms with van der Waals surface area (Å²) in [6.07, 6.45) is 3.44. The topological polar surface area (TPSA) is 108 Å². The van der Waals surface area contributed by atoms with E-state index in [1.807, 2.05) is 24.3 Å². The molecule has 1 aliphatic rings. The summed E-state index contributed by atoms with van der Waals surface area (Å²) < 4.78 is 6.20. The molecule has 8 heteroatoms. The first kappa shape index (κ1) is 20.6. The molecule has 3 aromatic rings. The molecule has 2 heterocycles. The van der Waals surface area contributed by atoms with Gasteiger partial charge < -0.3 is 19.9 Å². The molecule has 0 saturated heterocycles. The van der Waals surface area contributed by atoms with Crippen molar-refractivity contribution in [1.82, 2.24) is 15.5 Å². The van der Waals surface area contributed by atoms with Gasteiger partial charge >= 0.3 is 0 Å². The maximum atomic E-state index is 13.1. The molecule has 0 bridgehead atoms. The summed E-state index contributed by atoms with van der Waals surface area (Å²) in [5.74, 6) is -0.0186. The Balaban J connectivity index is 1.53. The number of rotatable bonds is 7. The van der Waals surface area contributed by atoms with Crippen LogP contribution in [0.1, 0.15) is 51.9 Å². The number of ketones is 1. The van der Waals surface area contributed by atoms with Crippen molar-refractivity contribution in [3.8, 4) is 11.3 Å². The Labute approximate surface area is 182 Å². The van der Waals surface area contributed by atoms with E-state index in [2.05, 4.69) is 31.4 Å². The third-order valence-corrected chi connectivity index (χ3v) is 5.99. The molecule has 1 fully saturated rings. The van der Waals surface area contributed by atoms with Crippen LogP contribution in [-0.2, 0) is 0 Å². The Hall–Kier alpha value is -2.71. The monoisotopic (exact) mass is 471 g/mol. The minimum absolute atomic E-state index is 0.164. The lowest BCUT2D eigenvalue weighted by atomic mass is 9.99. The van der Waals surface area contributed by atoms with E-state index in [1.165, 1.54) is 12.3 Å².